The minimum absolute atomic E-state index is 0.353. The van der Waals surface area contributed by atoms with E-state index in [0.29, 0.717) is 16.2 Å². The molecule has 0 unspecified atom stereocenters. The van der Waals surface area contributed by atoms with Gasteiger partial charge in [-0.1, -0.05) is 12.1 Å². The van der Waals surface area contributed by atoms with Crippen molar-refractivity contribution < 1.29 is 19.1 Å². The van der Waals surface area contributed by atoms with Crippen LogP contribution < -0.4 is 5.32 Å². The SMILES string of the molecule is COC(=O)c1ccccc1-n1c(C)cc(/C=C2\SC(=O)NC2=O)c1C. The second kappa shape index (κ2) is 6.60. The van der Waals surface area contributed by atoms with Gasteiger partial charge in [0.2, 0.25) is 0 Å². The first-order valence-electron chi connectivity index (χ1n) is 7.54. The van der Waals surface area contributed by atoms with Crippen LogP contribution in [0.5, 0.6) is 0 Å². The first-order chi connectivity index (χ1) is 11.9. The number of para-hydroxylation sites is 1. The Labute approximate surface area is 148 Å². The molecule has 0 bridgehead atoms. The summed E-state index contributed by atoms with van der Waals surface area (Å²) in [7, 11) is 1.34. The Morgan fingerprint density at radius 1 is 1.24 bits per heavy atom. The van der Waals surface area contributed by atoms with Gasteiger partial charge in [-0.3, -0.25) is 14.9 Å². The number of carbonyl (C=O) groups excluding carboxylic acids is 3. The number of methoxy groups -OCH3 is 1. The summed E-state index contributed by atoms with van der Waals surface area (Å²) in [5.41, 5.74) is 3.72. The number of aromatic nitrogens is 1. The van der Waals surface area contributed by atoms with E-state index in [4.69, 9.17) is 4.74 Å². The van der Waals surface area contributed by atoms with Crippen LogP contribution in [0.4, 0.5) is 4.79 Å². The van der Waals surface area contributed by atoms with E-state index in [9.17, 15) is 14.4 Å². The maximum Gasteiger partial charge on any atom is 0.339 e. The Hall–Kier alpha value is -2.80. The normalized spacial score (nSPS) is 15.6. The van der Waals surface area contributed by atoms with E-state index >= 15 is 0 Å². The van der Waals surface area contributed by atoms with E-state index in [0.717, 1.165) is 28.7 Å². The number of nitrogens with zero attached hydrogens (tertiary/aromatic N) is 1. The van der Waals surface area contributed by atoms with Crippen LogP contribution in [-0.4, -0.2) is 28.8 Å². The molecular formula is C18H16N2O4S. The molecule has 0 radical (unpaired) electrons. The number of carbonyl (C=O) groups is 3. The number of nitrogens with one attached hydrogen (secondary N) is 1. The molecule has 1 aromatic carbocycles. The van der Waals surface area contributed by atoms with E-state index in [-0.39, 0.29) is 5.24 Å². The van der Waals surface area contributed by atoms with Crippen LogP contribution in [0.15, 0.2) is 35.2 Å². The third-order valence-electron chi connectivity index (χ3n) is 3.95. The van der Waals surface area contributed by atoms with Gasteiger partial charge in [0, 0.05) is 11.4 Å². The van der Waals surface area contributed by atoms with Crippen molar-refractivity contribution in [1.82, 2.24) is 9.88 Å². The summed E-state index contributed by atoms with van der Waals surface area (Å²) >= 11 is 0.878. The molecule has 0 aliphatic carbocycles. The van der Waals surface area contributed by atoms with Gasteiger partial charge in [0.25, 0.3) is 11.1 Å². The van der Waals surface area contributed by atoms with Gasteiger partial charge in [-0.15, -0.1) is 0 Å². The zero-order valence-electron chi connectivity index (χ0n) is 14.0. The number of aryl methyl sites for hydroxylation is 1. The van der Waals surface area contributed by atoms with E-state index in [1.54, 1.807) is 18.2 Å². The standard InChI is InChI=1S/C18H16N2O4S/c1-10-8-12(9-15-16(21)19-18(23)25-15)11(2)20(10)14-7-5-4-6-13(14)17(22)24-3/h4-9H,1-3H3,(H,19,21,23)/b15-9-. The van der Waals surface area contributed by atoms with Gasteiger partial charge >= 0.3 is 5.97 Å². The highest BCUT2D eigenvalue weighted by atomic mass is 32.2. The van der Waals surface area contributed by atoms with Gasteiger partial charge < -0.3 is 9.30 Å². The van der Waals surface area contributed by atoms with Crippen molar-refractivity contribution in [2.45, 2.75) is 13.8 Å². The van der Waals surface area contributed by atoms with Crippen LogP contribution >= 0.6 is 11.8 Å². The fourth-order valence-corrected chi connectivity index (χ4v) is 3.49. The third kappa shape index (κ3) is 3.10. The topological polar surface area (TPSA) is 77.4 Å². The first-order valence-corrected chi connectivity index (χ1v) is 8.35. The van der Waals surface area contributed by atoms with Crippen molar-refractivity contribution in [2.75, 3.05) is 7.11 Å². The molecule has 2 heterocycles. The molecule has 2 amide bonds. The minimum Gasteiger partial charge on any atom is -0.465 e. The van der Waals surface area contributed by atoms with E-state index in [1.165, 1.54) is 7.11 Å². The Kier molecular flexibility index (Phi) is 4.50. The molecule has 25 heavy (non-hydrogen) atoms. The molecule has 1 saturated heterocycles. The number of benzene rings is 1. The summed E-state index contributed by atoms with van der Waals surface area (Å²) in [6.45, 7) is 3.81. The lowest BCUT2D eigenvalue weighted by molar-refractivity contribution is -0.115. The fraction of sp³-hybridized carbons (Fsp3) is 0.167. The minimum atomic E-state index is -0.417. The summed E-state index contributed by atoms with van der Waals surface area (Å²) in [6.07, 6.45) is 1.69. The van der Waals surface area contributed by atoms with Crippen molar-refractivity contribution in [3.8, 4) is 5.69 Å². The molecule has 1 aliphatic rings. The number of ether oxygens (including phenoxy) is 1. The summed E-state index contributed by atoms with van der Waals surface area (Å²) in [5, 5.41) is 1.87. The molecule has 0 spiro atoms. The highest BCUT2D eigenvalue weighted by molar-refractivity contribution is 8.18. The van der Waals surface area contributed by atoms with Gasteiger partial charge in [0.1, 0.15) is 0 Å². The largest absolute Gasteiger partial charge is 0.465 e. The smallest absolute Gasteiger partial charge is 0.339 e. The molecule has 0 atom stereocenters. The predicted octanol–water partition coefficient (Wildman–Crippen LogP) is 3.20. The van der Waals surface area contributed by atoms with Crippen molar-refractivity contribution in [3.63, 3.8) is 0 Å². The van der Waals surface area contributed by atoms with Gasteiger partial charge in [0.15, 0.2) is 0 Å². The van der Waals surface area contributed by atoms with Crippen LogP contribution in [0, 0.1) is 13.8 Å². The number of rotatable bonds is 3. The Balaban J connectivity index is 2.11. The Morgan fingerprint density at radius 2 is 1.96 bits per heavy atom. The van der Waals surface area contributed by atoms with Crippen LogP contribution in [0.25, 0.3) is 11.8 Å². The zero-order chi connectivity index (χ0) is 18.1. The lowest BCUT2D eigenvalue weighted by atomic mass is 10.1. The van der Waals surface area contributed by atoms with Gasteiger partial charge in [-0.05, 0) is 55.4 Å². The molecule has 1 N–H and O–H groups in total. The number of hydrogen-bond acceptors (Lipinski definition) is 5. The third-order valence-corrected chi connectivity index (χ3v) is 4.76. The number of imide groups is 1. The van der Waals surface area contributed by atoms with Gasteiger partial charge in [-0.2, -0.15) is 0 Å². The highest BCUT2D eigenvalue weighted by Crippen LogP contribution is 2.29. The molecule has 2 aromatic rings. The zero-order valence-corrected chi connectivity index (χ0v) is 14.8. The average Bonchev–Trinajstić information content (AvgIpc) is 3.05. The van der Waals surface area contributed by atoms with Crippen molar-refractivity contribution in [2.24, 2.45) is 0 Å². The van der Waals surface area contributed by atoms with E-state index in [1.807, 2.05) is 36.6 Å². The molecule has 6 nitrogen and oxygen atoms in total. The lowest BCUT2D eigenvalue weighted by Crippen LogP contribution is -2.17. The molecule has 3 rings (SSSR count). The molecule has 1 aliphatic heterocycles. The maximum absolute atomic E-state index is 12.1. The summed E-state index contributed by atoms with van der Waals surface area (Å²) < 4.78 is 6.79. The monoisotopic (exact) mass is 356 g/mol. The quantitative estimate of drug-likeness (QED) is 0.675. The molecular weight excluding hydrogens is 340 g/mol. The van der Waals surface area contributed by atoms with Crippen molar-refractivity contribution >= 4 is 35.0 Å². The maximum atomic E-state index is 12.1. The van der Waals surface area contributed by atoms with Gasteiger partial charge in [0.05, 0.1) is 23.3 Å². The van der Waals surface area contributed by atoms with Crippen molar-refractivity contribution in [1.29, 1.82) is 0 Å². The second-order valence-corrected chi connectivity index (χ2v) is 6.54. The number of thioether (sulfide) groups is 1. The number of esters is 1. The summed E-state index contributed by atoms with van der Waals surface area (Å²) in [5.74, 6) is -0.811. The van der Waals surface area contributed by atoms with Crippen molar-refractivity contribution in [3.05, 3.63) is 57.8 Å². The highest BCUT2D eigenvalue weighted by Gasteiger charge is 2.26. The Morgan fingerprint density at radius 3 is 2.60 bits per heavy atom. The molecule has 1 aromatic heterocycles. The summed E-state index contributed by atoms with van der Waals surface area (Å²) in [4.78, 5) is 35.5. The van der Waals surface area contributed by atoms with Crippen LogP contribution in [0.2, 0.25) is 0 Å². The average molecular weight is 356 g/mol. The second-order valence-electron chi connectivity index (χ2n) is 5.52. The van der Waals surface area contributed by atoms with Crippen LogP contribution in [-0.2, 0) is 9.53 Å². The molecule has 0 saturated carbocycles. The van der Waals surface area contributed by atoms with Gasteiger partial charge in [-0.25, -0.2) is 4.79 Å². The Bertz CT molecular complexity index is 927. The lowest BCUT2D eigenvalue weighted by Gasteiger charge is -2.13. The van der Waals surface area contributed by atoms with E-state index in [2.05, 4.69) is 5.32 Å². The molecule has 7 heteroatoms. The van der Waals surface area contributed by atoms with Crippen LogP contribution in [0.3, 0.4) is 0 Å². The summed E-state index contributed by atoms with van der Waals surface area (Å²) in [6, 6.07) is 9.07. The van der Waals surface area contributed by atoms with E-state index < -0.39 is 11.9 Å². The predicted molar refractivity (Wildman–Crippen MR) is 95.7 cm³/mol. The molecule has 1 fully saturated rings. The molecule has 128 valence electrons. The fourth-order valence-electron chi connectivity index (χ4n) is 2.82. The number of amides is 2. The van der Waals surface area contributed by atoms with Crippen LogP contribution in [0.1, 0.15) is 27.3 Å². The number of hydrogen-bond donors (Lipinski definition) is 1. The first kappa shape index (κ1) is 17.0.